The first-order valence-corrected chi connectivity index (χ1v) is 7.24. The largest absolute Gasteiger partial charge is 0.507 e. The summed E-state index contributed by atoms with van der Waals surface area (Å²) in [5.41, 5.74) is 10.5. The summed E-state index contributed by atoms with van der Waals surface area (Å²) in [6, 6.07) is 5.58. The van der Waals surface area contributed by atoms with Gasteiger partial charge in [-0.2, -0.15) is 0 Å². The Morgan fingerprint density at radius 3 is 2.95 bits per heavy atom. The standard InChI is InChI=1S/C16H17N3O2/c1-8-2-4-10(12(20)6-8)15-14-11(16(17)19-18-15)7-9-3-5-13(14)21-9/h2,4,6,9,13,20H,3,5,7H2,1H3,(H2,17,19)/t9?,13-/m0/s1. The van der Waals surface area contributed by atoms with Gasteiger partial charge in [-0.05, 0) is 37.5 Å². The van der Waals surface area contributed by atoms with E-state index in [2.05, 4.69) is 10.2 Å². The van der Waals surface area contributed by atoms with Crippen LogP contribution < -0.4 is 5.73 Å². The van der Waals surface area contributed by atoms with E-state index in [9.17, 15) is 5.11 Å². The zero-order valence-electron chi connectivity index (χ0n) is 11.8. The lowest BCUT2D eigenvalue weighted by Crippen LogP contribution is -2.21. The molecular weight excluding hydrogens is 266 g/mol. The molecule has 5 heteroatoms. The van der Waals surface area contributed by atoms with Crippen molar-refractivity contribution < 1.29 is 9.84 Å². The van der Waals surface area contributed by atoms with Gasteiger partial charge in [0.25, 0.3) is 0 Å². The van der Waals surface area contributed by atoms with Crippen LogP contribution in [0, 0.1) is 6.92 Å². The van der Waals surface area contributed by atoms with Gasteiger partial charge in [-0.15, -0.1) is 10.2 Å². The summed E-state index contributed by atoms with van der Waals surface area (Å²) in [6.45, 7) is 1.94. The molecule has 0 spiro atoms. The number of phenolic OH excluding ortho intramolecular Hbond substituents is 1. The van der Waals surface area contributed by atoms with E-state index in [0.29, 0.717) is 17.1 Å². The number of nitrogen functional groups attached to an aromatic ring is 1. The van der Waals surface area contributed by atoms with Gasteiger partial charge in [-0.25, -0.2) is 0 Å². The Morgan fingerprint density at radius 2 is 2.14 bits per heavy atom. The highest BCUT2D eigenvalue weighted by Crippen LogP contribution is 2.46. The highest BCUT2D eigenvalue weighted by atomic mass is 16.5. The zero-order chi connectivity index (χ0) is 14.6. The summed E-state index contributed by atoms with van der Waals surface area (Å²) in [7, 11) is 0. The Morgan fingerprint density at radius 1 is 1.29 bits per heavy atom. The number of ether oxygens (including phenoxy) is 1. The maximum Gasteiger partial charge on any atom is 0.149 e. The topological polar surface area (TPSA) is 81.3 Å². The molecule has 0 amide bonds. The fourth-order valence-electron chi connectivity index (χ4n) is 3.40. The molecule has 0 radical (unpaired) electrons. The van der Waals surface area contributed by atoms with Crippen molar-refractivity contribution in [2.45, 2.75) is 38.4 Å². The third-order valence-electron chi connectivity index (χ3n) is 4.42. The molecule has 1 fully saturated rings. The van der Waals surface area contributed by atoms with Crippen molar-refractivity contribution in [2.75, 3.05) is 5.73 Å². The van der Waals surface area contributed by atoms with Crippen molar-refractivity contribution in [2.24, 2.45) is 0 Å². The number of aromatic nitrogens is 2. The van der Waals surface area contributed by atoms with Crippen LogP contribution in [0.25, 0.3) is 11.3 Å². The molecule has 3 heterocycles. The van der Waals surface area contributed by atoms with Crippen LogP contribution in [0.4, 0.5) is 5.82 Å². The van der Waals surface area contributed by atoms with E-state index in [1.807, 2.05) is 19.1 Å². The molecule has 0 aliphatic carbocycles. The number of fused-ring (bicyclic) bond motifs is 4. The molecule has 5 nitrogen and oxygen atoms in total. The molecule has 1 unspecified atom stereocenters. The van der Waals surface area contributed by atoms with Gasteiger partial charge in [0.2, 0.25) is 0 Å². The molecule has 1 aromatic carbocycles. The summed E-state index contributed by atoms with van der Waals surface area (Å²) < 4.78 is 6.00. The molecule has 4 rings (SSSR count). The predicted molar refractivity (Wildman–Crippen MR) is 78.8 cm³/mol. The van der Waals surface area contributed by atoms with Crippen molar-refractivity contribution in [1.29, 1.82) is 0 Å². The van der Waals surface area contributed by atoms with Crippen molar-refractivity contribution in [3.63, 3.8) is 0 Å². The number of aromatic hydroxyl groups is 1. The number of rotatable bonds is 1. The first-order chi connectivity index (χ1) is 10.1. The number of hydrogen-bond donors (Lipinski definition) is 2. The van der Waals surface area contributed by atoms with Crippen LogP contribution in [0.15, 0.2) is 18.2 Å². The van der Waals surface area contributed by atoms with Gasteiger partial charge >= 0.3 is 0 Å². The van der Waals surface area contributed by atoms with Crippen molar-refractivity contribution in [3.05, 3.63) is 34.9 Å². The van der Waals surface area contributed by atoms with E-state index in [4.69, 9.17) is 10.5 Å². The average Bonchev–Trinajstić information content (AvgIpc) is 2.83. The summed E-state index contributed by atoms with van der Waals surface area (Å²) in [5, 5.41) is 18.6. The average molecular weight is 283 g/mol. The fourth-order valence-corrected chi connectivity index (χ4v) is 3.40. The zero-order valence-corrected chi connectivity index (χ0v) is 11.8. The third-order valence-corrected chi connectivity index (χ3v) is 4.42. The van der Waals surface area contributed by atoms with Crippen LogP contribution in [-0.2, 0) is 11.2 Å². The van der Waals surface area contributed by atoms with E-state index < -0.39 is 0 Å². The van der Waals surface area contributed by atoms with E-state index in [0.717, 1.165) is 36.0 Å². The minimum absolute atomic E-state index is 0.0206. The van der Waals surface area contributed by atoms with Crippen LogP contribution in [-0.4, -0.2) is 21.4 Å². The molecule has 2 aromatic rings. The minimum atomic E-state index is 0.0206. The fraction of sp³-hybridized carbons (Fsp3) is 0.375. The van der Waals surface area contributed by atoms with Crippen LogP contribution in [0.5, 0.6) is 5.75 Å². The van der Waals surface area contributed by atoms with Crippen LogP contribution in [0.3, 0.4) is 0 Å². The van der Waals surface area contributed by atoms with E-state index in [-0.39, 0.29) is 18.0 Å². The SMILES string of the molecule is Cc1ccc(-c2nnc(N)c3c2[C@@H]2CCC(C3)O2)c(O)c1. The van der Waals surface area contributed by atoms with Crippen LogP contribution >= 0.6 is 0 Å². The van der Waals surface area contributed by atoms with E-state index in [1.54, 1.807) is 6.07 Å². The van der Waals surface area contributed by atoms with Gasteiger partial charge in [0.05, 0.1) is 12.2 Å². The maximum absolute atomic E-state index is 10.2. The van der Waals surface area contributed by atoms with Gasteiger partial charge < -0.3 is 15.6 Å². The Labute approximate surface area is 122 Å². The second-order valence-corrected chi connectivity index (χ2v) is 5.87. The molecule has 2 aliphatic heterocycles. The molecule has 2 atom stereocenters. The van der Waals surface area contributed by atoms with Crippen molar-refractivity contribution >= 4 is 5.82 Å². The van der Waals surface area contributed by atoms with Gasteiger partial charge in [0.1, 0.15) is 17.3 Å². The maximum atomic E-state index is 10.2. The van der Waals surface area contributed by atoms with Gasteiger partial charge in [-0.1, -0.05) is 6.07 Å². The lowest BCUT2D eigenvalue weighted by molar-refractivity contribution is 0.0325. The molecule has 1 aromatic heterocycles. The number of benzene rings is 1. The molecule has 2 bridgehead atoms. The minimum Gasteiger partial charge on any atom is -0.507 e. The number of nitrogens with two attached hydrogens (primary N) is 1. The molecule has 21 heavy (non-hydrogen) atoms. The number of anilines is 1. The highest BCUT2D eigenvalue weighted by Gasteiger charge is 2.38. The first kappa shape index (κ1) is 12.6. The van der Waals surface area contributed by atoms with Crippen molar-refractivity contribution in [1.82, 2.24) is 10.2 Å². The van der Waals surface area contributed by atoms with Crippen LogP contribution in [0.1, 0.15) is 35.6 Å². The molecule has 108 valence electrons. The van der Waals surface area contributed by atoms with E-state index in [1.165, 1.54) is 0 Å². The second kappa shape index (κ2) is 4.43. The Bertz CT molecular complexity index is 730. The molecule has 2 aliphatic rings. The smallest absolute Gasteiger partial charge is 0.149 e. The molecular formula is C16H17N3O2. The lowest BCUT2D eigenvalue weighted by atomic mass is 9.93. The van der Waals surface area contributed by atoms with Crippen LogP contribution in [0.2, 0.25) is 0 Å². The summed E-state index contributed by atoms with van der Waals surface area (Å²) in [4.78, 5) is 0. The summed E-state index contributed by atoms with van der Waals surface area (Å²) >= 11 is 0. The third kappa shape index (κ3) is 1.88. The normalized spacial score (nSPS) is 23.1. The molecule has 3 N–H and O–H groups in total. The Balaban J connectivity index is 1.95. The molecule has 1 saturated heterocycles. The lowest BCUT2D eigenvalue weighted by Gasteiger charge is -2.26. The number of phenols is 1. The van der Waals surface area contributed by atoms with Gasteiger partial charge in [-0.3, -0.25) is 0 Å². The second-order valence-electron chi connectivity index (χ2n) is 5.87. The van der Waals surface area contributed by atoms with Gasteiger partial charge in [0, 0.05) is 23.1 Å². The summed E-state index contributed by atoms with van der Waals surface area (Å²) in [6.07, 6.45) is 3.06. The van der Waals surface area contributed by atoms with Crippen molar-refractivity contribution in [3.8, 4) is 17.0 Å². The number of hydrogen-bond acceptors (Lipinski definition) is 5. The highest BCUT2D eigenvalue weighted by molar-refractivity contribution is 5.73. The first-order valence-electron chi connectivity index (χ1n) is 7.24. The Kier molecular flexibility index (Phi) is 2.65. The predicted octanol–water partition coefficient (Wildman–Crippen LogP) is 2.52. The quantitative estimate of drug-likeness (QED) is 0.840. The number of aryl methyl sites for hydroxylation is 1. The summed E-state index contributed by atoms with van der Waals surface area (Å²) in [5.74, 6) is 0.706. The Hall–Kier alpha value is -2.14. The monoisotopic (exact) mass is 283 g/mol. The van der Waals surface area contributed by atoms with E-state index >= 15 is 0 Å². The molecule has 0 saturated carbocycles. The number of nitrogens with zero attached hydrogens (tertiary/aromatic N) is 2. The van der Waals surface area contributed by atoms with Gasteiger partial charge in [0.15, 0.2) is 0 Å².